The van der Waals surface area contributed by atoms with Crippen LogP contribution in [0.4, 0.5) is 0 Å². The summed E-state index contributed by atoms with van der Waals surface area (Å²) in [5, 5.41) is 15.0. The average molecular weight is 629 g/mol. The van der Waals surface area contributed by atoms with E-state index in [2.05, 4.69) is 181 Å². The van der Waals surface area contributed by atoms with E-state index in [4.69, 9.17) is 4.42 Å². The second-order valence-electron chi connectivity index (χ2n) is 13.0. The molecule has 0 radical (unpaired) electrons. The Bertz CT molecular complexity index is 2650. The third-order valence-electron chi connectivity index (χ3n) is 10.1. The van der Waals surface area contributed by atoms with Gasteiger partial charge in [-0.3, -0.25) is 5.32 Å². The predicted molar refractivity (Wildman–Crippen MR) is 204 cm³/mol. The second-order valence-corrected chi connectivity index (χ2v) is 13.0. The maximum absolute atomic E-state index is 6.69. The van der Waals surface area contributed by atoms with Crippen LogP contribution in [0.1, 0.15) is 17.3 Å². The smallest absolute Gasteiger partial charge is 0.143 e. The number of hydrogen-bond donors (Lipinski definition) is 2. The van der Waals surface area contributed by atoms with Crippen molar-refractivity contribution in [2.45, 2.75) is 12.2 Å². The van der Waals surface area contributed by atoms with Gasteiger partial charge in [0.2, 0.25) is 0 Å². The zero-order valence-corrected chi connectivity index (χ0v) is 26.7. The van der Waals surface area contributed by atoms with Crippen molar-refractivity contribution in [2.75, 3.05) is 0 Å². The molecule has 1 aromatic heterocycles. The van der Waals surface area contributed by atoms with Crippen molar-refractivity contribution in [1.82, 2.24) is 10.6 Å². The number of fused-ring (bicyclic) bond motifs is 6. The Hall–Kier alpha value is -6.16. The standard InChI is InChI=1S/C46H32N2O/c1-2-11-30(12-3-1)39-26-35(27-41-40-25-33-14-4-5-15-34(33)28-43(40)49-45(39)41)44-38-18-8-9-20-42(38)47-46(48-44)32-23-21-31(22-24-32)37-19-10-16-29-13-6-7-17-36(29)37/h1-28,42,46-48H. The Morgan fingerprint density at radius 1 is 0.510 bits per heavy atom. The summed E-state index contributed by atoms with van der Waals surface area (Å²) in [6.45, 7) is 0. The maximum Gasteiger partial charge on any atom is 0.143 e. The van der Waals surface area contributed by atoms with Crippen molar-refractivity contribution in [1.29, 1.82) is 0 Å². The van der Waals surface area contributed by atoms with E-state index in [1.807, 2.05) is 0 Å². The molecule has 2 atom stereocenters. The van der Waals surface area contributed by atoms with E-state index in [0.29, 0.717) is 0 Å². The molecular weight excluding hydrogens is 597 g/mol. The van der Waals surface area contributed by atoms with Crippen molar-refractivity contribution in [3.05, 3.63) is 187 Å². The molecule has 10 rings (SSSR count). The van der Waals surface area contributed by atoms with E-state index in [1.54, 1.807) is 0 Å². The summed E-state index contributed by atoms with van der Waals surface area (Å²) in [7, 11) is 0. The first-order valence-electron chi connectivity index (χ1n) is 16.9. The fraction of sp³-hybridized carbons (Fsp3) is 0.0435. The molecule has 0 spiro atoms. The number of nitrogens with one attached hydrogen (secondary N) is 2. The second kappa shape index (κ2) is 11.2. The van der Waals surface area contributed by atoms with E-state index in [-0.39, 0.29) is 12.2 Å². The highest BCUT2D eigenvalue weighted by Crippen LogP contribution is 2.41. The molecule has 0 saturated carbocycles. The third kappa shape index (κ3) is 4.70. The fourth-order valence-corrected chi connectivity index (χ4v) is 7.68. The van der Waals surface area contributed by atoms with Gasteiger partial charge in [0.05, 0.1) is 6.04 Å². The first kappa shape index (κ1) is 27.9. The summed E-state index contributed by atoms with van der Waals surface area (Å²) in [6.07, 6.45) is 8.67. The molecule has 232 valence electrons. The average Bonchev–Trinajstić information content (AvgIpc) is 3.53. The summed E-state index contributed by atoms with van der Waals surface area (Å²) in [5.74, 6) is 0. The molecule has 3 nitrogen and oxygen atoms in total. The largest absolute Gasteiger partial charge is 0.455 e. The highest BCUT2D eigenvalue weighted by Gasteiger charge is 2.29. The van der Waals surface area contributed by atoms with E-state index in [9.17, 15) is 0 Å². The van der Waals surface area contributed by atoms with Crippen LogP contribution < -0.4 is 10.6 Å². The van der Waals surface area contributed by atoms with Gasteiger partial charge in [0.25, 0.3) is 0 Å². The molecule has 1 aliphatic carbocycles. The molecule has 0 bridgehead atoms. The summed E-state index contributed by atoms with van der Waals surface area (Å²) >= 11 is 0. The lowest BCUT2D eigenvalue weighted by molar-refractivity contribution is 0.460. The number of hydrogen-bond acceptors (Lipinski definition) is 3. The van der Waals surface area contributed by atoms with Crippen LogP contribution in [0, 0.1) is 0 Å². The zero-order chi connectivity index (χ0) is 32.3. The van der Waals surface area contributed by atoms with Crippen LogP contribution >= 0.6 is 0 Å². The lowest BCUT2D eigenvalue weighted by Crippen LogP contribution is -2.45. The van der Waals surface area contributed by atoms with Gasteiger partial charge in [-0.05, 0) is 79.2 Å². The number of rotatable bonds is 4. The van der Waals surface area contributed by atoms with E-state index >= 15 is 0 Å². The van der Waals surface area contributed by atoms with Crippen molar-refractivity contribution in [3.63, 3.8) is 0 Å². The Labute approximate surface area is 284 Å². The minimum atomic E-state index is -0.0811. The highest BCUT2D eigenvalue weighted by atomic mass is 16.3. The van der Waals surface area contributed by atoms with Gasteiger partial charge in [-0.1, -0.05) is 146 Å². The first-order chi connectivity index (χ1) is 24.3. The molecular formula is C46H32N2O. The van der Waals surface area contributed by atoms with Crippen molar-refractivity contribution in [3.8, 4) is 22.3 Å². The molecule has 0 saturated heterocycles. The summed E-state index contributed by atoms with van der Waals surface area (Å²) in [6, 6.07) is 52.3. The van der Waals surface area contributed by atoms with Crippen LogP contribution in [0.2, 0.25) is 0 Å². The molecule has 3 heteroatoms. The van der Waals surface area contributed by atoms with Crippen LogP contribution in [0.15, 0.2) is 180 Å². The SMILES string of the molecule is C1=CC2=C(c3cc(-c4ccccc4)c4oc5cc6ccccc6cc5c4c3)NC(c3ccc(-c4cccc5ccccc45)cc3)NC2C=C1. The molecule has 2 N–H and O–H groups in total. The molecule has 8 aromatic rings. The Morgan fingerprint density at radius 2 is 1.24 bits per heavy atom. The lowest BCUT2D eigenvalue weighted by Gasteiger charge is -2.36. The van der Waals surface area contributed by atoms with Crippen LogP contribution in [0.3, 0.4) is 0 Å². The fourth-order valence-electron chi connectivity index (χ4n) is 7.68. The van der Waals surface area contributed by atoms with Gasteiger partial charge in [0, 0.05) is 22.0 Å². The minimum Gasteiger partial charge on any atom is -0.455 e. The van der Waals surface area contributed by atoms with Gasteiger partial charge in [0.15, 0.2) is 0 Å². The molecule has 49 heavy (non-hydrogen) atoms. The Balaban J connectivity index is 1.11. The van der Waals surface area contributed by atoms with Crippen LogP contribution in [0.5, 0.6) is 0 Å². The van der Waals surface area contributed by atoms with Gasteiger partial charge in [0.1, 0.15) is 17.3 Å². The van der Waals surface area contributed by atoms with Crippen molar-refractivity contribution in [2.24, 2.45) is 0 Å². The molecule has 7 aromatic carbocycles. The monoisotopic (exact) mass is 628 g/mol. The minimum absolute atomic E-state index is 0.0740. The van der Waals surface area contributed by atoms with Crippen molar-refractivity contribution >= 4 is 49.2 Å². The van der Waals surface area contributed by atoms with E-state index in [0.717, 1.165) is 44.3 Å². The van der Waals surface area contributed by atoms with Gasteiger partial charge >= 0.3 is 0 Å². The number of allylic oxidation sites excluding steroid dienone is 2. The quantitative estimate of drug-likeness (QED) is 0.204. The molecule has 2 unspecified atom stereocenters. The maximum atomic E-state index is 6.69. The molecule has 0 fully saturated rings. The van der Waals surface area contributed by atoms with Gasteiger partial charge < -0.3 is 9.73 Å². The molecule has 0 amide bonds. The molecule has 2 heterocycles. The van der Waals surface area contributed by atoms with Crippen molar-refractivity contribution < 1.29 is 4.42 Å². The summed E-state index contributed by atoms with van der Waals surface area (Å²) in [4.78, 5) is 0. The van der Waals surface area contributed by atoms with E-state index in [1.165, 1.54) is 43.8 Å². The number of furan rings is 1. The highest BCUT2D eigenvalue weighted by molar-refractivity contribution is 6.14. The molecule has 2 aliphatic rings. The predicted octanol–water partition coefficient (Wildman–Crippen LogP) is 11.3. The molecule has 1 aliphatic heterocycles. The first-order valence-corrected chi connectivity index (χ1v) is 16.9. The topological polar surface area (TPSA) is 37.2 Å². The zero-order valence-electron chi connectivity index (χ0n) is 26.7. The van der Waals surface area contributed by atoms with Gasteiger partial charge in [-0.25, -0.2) is 0 Å². The van der Waals surface area contributed by atoms with Crippen LogP contribution in [-0.2, 0) is 0 Å². The third-order valence-corrected chi connectivity index (χ3v) is 10.1. The van der Waals surface area contributed by atoms with Crippen LogP contribution in [0.25, 0.3) is 71.4 Å². The van der Waals surface area contributed by atoms with Gasteiger partial charge in [-0.2, -0.15) is 0 Å². The summed E-state index contributed by atoms with van der Waals surface area (Å²) in [5.41, 5.74) is 11.2. The normalized spacial score (nSPS) is 17.2. The van der Waals surface area contributed by atoms with Crippen LogP contribution in [-0.4, -0.2) is 6.04 Å². The Kier molecular flexibility index (Phi) is 6.39. The summed E-state index contributed by atoms with van der Waals surface area (Å²) < 4.78 is 6.69. The Morgan fingerprint density at radius 3 is 2.10 bits per heavy atom. The lowest BCUT2D eigenvalue weighted by atomic mass is 9.90. The van der Waals surface area contributed by atoms with E-state index < -0.39 is 0 Å². The van der Waals surface area contributed by atoms with Gasteiger partial charge in [-0.15, -0.1) is 0 Å². The number of benzene rings is 7.